The molecule has 3 heterocycles. The highest BCUT2D eigenvalue weighted by atomic mass is 32.1. The monoisotopic (exact) mass is 414 g/mol. The van der Waals surface area contributed by atoms with Gasteiger partial charge in [0, 0.05) is 58.7 Å². The van der Waals surface area contributed by atoms with Crippen molar-refractivity contribution in [1.82, 2.24) is 19.7 Å². The minimum absolute atomic E-state index is 0.864. The Bertz CT molecular complexity index is 1290. The lowest BCUT2D eigenvalue weighted by atomic mass is 10.1. The van der Waals surface area contributed by atoms with Crippen molar-refractivity contribution in [2.45, 2.75) is 33.5 Å². The third-order valence-electron chi connectivity index (χ3n) is 5.67. The van der Waals surface area contributed by atoms with E-state index in [9.17, 15) is 0 Å². The van der Waals surface area contributed by atoms with E-state index in [1.165, 1.54) is 43.4 Å². The van der Waals surface area contributed by atoms with Crippen molar-refractivity contribution >= 4 is 33.1 Å². The molecule has 0 saturated carbocycles. The molecule has 0 unspecified atom stereocenters. The lowest BCUT2D eigenvalue weighted by molar-refractivity contribution is 0.555. The maximum atomic E-state index is 4.25. The van der Waals surface area contributed by atoms with E-state index < -0.39 is 0 Å². The Morgan fingerprint density at radius 3 is 2.73 bits per heavy atom. The van der Waals surface area contributed by atoms with Crippen molar-refractivity contribution < 1.29 is 0 Å². The molecule has 5 aromatic rings. The molecule has 4 nitrogen and oxygen atoms in total. The first-order valence-electron chi connectivity index (χ1n) is 10.5. The second kappa shape index (κ2) is 8.09. The second-order valence-electron chi connectivity index (χ2n) is 7.76. The zero-order chi connectivity index (χ0) is 20.5. The number of hydrogen-bond acceptors (Lipinski definition) is 3. The topological polar surface area (TPSA) is 34.8 Å². The van der Waals surface area contributed by atoms with Crippen LogP contribution in [-0.2, 0) is 19.6 Å². The van der Waals surface area contributed by atoms with Crippen LogP contribution in [0.15, 0.2) is 66.3 Å². The van der Waals surface area contributed by atoms with Crippen LogP contribution in [-0.4, -0.2) is 20.9 Å². The molecule has 5 rings (SSSR count). The number of aromatic nitrogens is 3. The van der Waals surface area contributed by atoms with Gasteiger partial charge in [-0.15, -0.1) is 11.3 Å². The molecule has 1 N–H and O–H groups in total. The van der Waals surface area contributed by atoms with Crippen LogP contribution in [0.25, 0.3) is 32.2 Å². The molecule has 3 aromatic heterocycles. The smallest absolute Gasteiger partial charge is 0.0534 e. The van der Waals surface area contributed by atoms with Gasteiger partial charge in [0.2, 0.25) is 0 Å². The Kier molecular flexibility index (Phi) is 5.15. The minimum atomic E-state index is 0.864. The first-order valence-corrected chi connectivity index (χ1v) is 11.4. The van der Waals surface area contributed by atoms with Gasteiger partial charge in [-0.2, -0.15) is 5.10 Å². The van der Waals surface area contributed by atoms with E-state index in [1.54, 1.807) is 0 Å². The average molecular weight is 415 g/mol. The number of rotatable bonds is 7. The summed E-state index contributed by atoms with van der Waals surface area (Å²) in [4.78, 5) is 1.34. The molecule has 0 radical (unpaired) electrons. The van der Waals surface area contributed by atoms with Crippen molar-refractivity contribution in [2.75, 3.05) is 6.54 Å². The molecule has 2 aromatic carbocycles. The molecule has 0 aliphatic heterocycles. The zero-order valence-electron chi connectivity index (χ0n) is 17.4. The number of nitrogens with zero attached hydrogens (tertiary/aromatic N) is 3. The van der Waals surface area contributed by atoms with E-state index in [0.29, 0.717) is 0 Å². The van der Waals surface area contributed by atoms with Gasteiger partial charge in [0.05, 0.1) is 6.54 Å². The van der Waals surface area contributed by atoms with Gasteiger partial charge in [-0.05, 0) is 66.2 Å². The third kappa shape index (κ3) is 3.55. The fourth-order valence-corrected chi connectivity index (χ4v) is 5.09. The van der Waals surface area contributed by atoms with Crippen LogP contribution in [0.2, 0.25) is 0 Å². The summed E-state index contributed by atoms with van der Waals surface area (Å²) >= 11 is 1.82. The molecule has 0 bridgehead atoms. The highest BCUT2D eigenvalue weighted by Gasteiger charge is 2.12. The number of thiophene rings is 1. The van der Waals surface area contributed by atoms with Gasteiger partial charge in [-0.1, -0.05) is 18.2 Å². The molecular formula is C25H26N4S. The molecule has 0 fully saturated rings. The summed E-state index contributed by atoms with van der Waals surface area (Å²) in [5, 5.41) is 12.7. The van der Waals surface area contributed by atoms with E-state index in [2.05, 4.69) is 76.7 Å². The van der Waals surface area contributed by atoms with Crippen molar-refractivity contribution in [3.8, 4) is 10.4 Å². The van der Waals surface area contributed by atoms with E-state index in [-0.39, 0.29) is 0 Å². The normalized spacial score (nSPS) is 11.7. The average Bonchev–Trinajstić information content (AvgIpc) is 3.49. The second-order valence-corrected chi connectivity index (χ2v) is 8.67. The van der Waals surface area contributed by atoms with Gasteiger partial charge in [-0.3, -0.25) is 4.68 Å². The molecule has 0 saturated heterocycles. The highest BCUT2D eigenvalue weighted by molar-refractivity contribution is 7.13. The van der Waals surface area contributed by atoms with Crippen molar-refractivity contribution in [1.29, 1.82) is 0 Å². The molecule has 0 aliphatic carbocycles. The Hall–Kier alpha value is -2.89. The van der Waals surface area contributed by atoms with Crippen LogP contribution in [0, 0.1) is 6.92 Å². The van der Waals surface area contributed by atoms with Crippen LogP contribution in [0.3, 0.4) is 0 Å². The first kappa shape index (κ1) is 19.1. The van der Waals surface area contributed by atoms with E-state index in [4.69, 9.17) is 0 Å². The summed E-state index contributed by atoms with van der Waals surface area (Å²) in [6.07, 6.45) is 3.82. The molecule has 0 amide bonds. The standard InChI is InChI=1S/C25H26N4S/c1-3-29-23-8-5-19(16-26-10-12-28-11-4-9-27-28)14-22(23)21-7-6-20(15-24(21)29)25-13-18(2)17-30-25/h4-9,11,13-15,17,26H,3,10,12,16H2,1-2H3. The predicted octanol–water partition coefficient (Wildman–Crippen LogP) is 5.84. The Morgan fingerprint density at radius 2 is 1.97 bits per heavy atom. The molecule has 0 atom stereocenters. The summed E-state index contributed by atoms with van der Waals surface area (Å²) in [6.45, 7) is 8.00. The van der Waals surface area contributed by atoms with Gasteiger partial charge >= 0.3 is 0 Å². The maximum Gasteiger partial charge on any atom is 0.0534 e. The van der Waals surface area contributed by atoms with Crippen LogP contribution in [0.5, 0.6) is 0 Å². The Balaban J connectivity index is 1.44. The number of fused-ring (bicyclic) bond motifs is 3. The summed E-state index contributed by atoms with van der Waals surface area (Å²) in [7, 11) is 0. The first-order chi connectivity index (χ1) is 14.7. The van der Waals surface area contributed by atoms with E-state index in [1.807, 2.05) is 34.5 Å². The van der Waals surface area contributed by atoms with Crippen LogP contribution < -0.4 is 5.32 Å². The van der Waals surface area contributed by atoms with Crippen molar-refractivity contribution in [2.24, 2.45) is 0 Å². The van der Waals surface area contributed by atoms with E-state index >= 15 is 0 Å². The number of hydrogen-bond donors (Lipinski definition) is 1. The molecule has 30 heavy (non-hydrogen) atoms. The van der Waals surface area contributed by atoms with Gasteiger partial charge in [0.25, 0.3) is 0 Å². The number of nitrogens with one attached hydrogen (secondary N) is 1. The molecular weight excluding hydrogens is 388 g/mol. The SMILES string of the molecule is CCn1c2ccc(CNCCn3cccn3)cc2c2ccc(-c3cc(C)cs3)cc21. The highest BCUT2D eigenvalue weighted by Crippen LogP contribution is 2.35. The summed E-state index contributed by atoms with van der Waals surface area (Å²) in [6, 6.07) is 18.0. The van der Waals surface area contributed by atoms with Gasteiger partial charge in [0.1, 0.15) is 0 Å². The van der Waals surface area contributed by atoms with Crippen molar-refractivity contribution in [3.05, 3.63) is 77.4 Å². The summed E-state index contributed by atoms with van der Waals surface area (Å²) in [5.41, 5.74) is 6.58. The summed E-state index contributed by atoms with van der Waals surface area (Å²) < 4.78 is 4.39. The third-order valence-corrected chi connectivity index (χ3v) is 6.76. The fraction of sp³-hybridized carbons (Fsp3) is 0.240. The van der Waals surface area contributed by atoms with Crippen LogP contribution >= 0.6 is 11.3 Å². The van der Waals surface area contributed by atoms with E-state index in [0.717, 1.165) is 26.2 Å². The molecule has 152 valence electrons. The lowest BCUT2D eigenvalue weighted by Crippen LogP contribution is -2.19. The maximum absolute atomic E-state index is 4.25. The summed E-state index contributed by atoms with van der Waals surface area (Å²) in [5.74, 6) is 0. The van der Waals surface area contributed by atoms with Crippen LogP contribution in [0.1, 0.15) is 18.1 Å². The minimum Gasteiger partial charge on any atom is -0.341 e. The number of aryl methyl sites for hydroxylation is 2. The zero-order valence-corrected chi connectivity index (χ0v) is 18.2. The van der Waals surface area contributed by atoms with Gasteiger partial charge in [0.15, 0.2) is 0 Å². The number of benzene rings is 2. The quantitative estimate of drug-likeness (QED) is 0.340. The van der Waals surface area contributed by atoms with Gasteiger partial charge < -0.3 is 9.88 Å². The Labute approximate surface area is 180 Å². The molecule has 0 spiro atoms. The van der Waals surface area contributed by atoms with Crippen molar-refractivity contribution in [3.63, 3.8) is 0 Å². The van der Waals surface area contributed by atoms with Gasteiger partial charge in [-0.25, -0.2) is 0 Å². The predicted molar refractivity (Wildman–Crippen MR) is 127 cm³/mol. The Morgan fingerprint density at radius 1 is 1.03 bits per heavy atom. The largest absolute Gasteiger partial charge is 0.341 e. The molecule has 5 heteroatoms. The van der Waals surface area contributed by atoms with Crippen LogP contribution in [0.4, 0.5) is 0 Å². The molecule has 0 aliphatic rings. The fourth-order valence-electron chi connectivity index (χ4n) is 4.19. The lowest BCUT2D eigenvalue weighted by Gasteiger charge is -2.07.